The van der Waals surface area contributed by atoms with Crippen molar-refractivity contribution in [2.45, 2.75) is 19.8 Å². The minimum absolute atomic E-state index is 0.0101. The predicted octanol–water partition coefficient (Wildman–Crippen LogP) is -0.734. The van der Waals surface area contributed by atoms with E-state index in [1.54, 1.807) is 11.9 Å². The molecule has 1 fully saturated rings. The Hall–Kier alpha value is -1.14. The van der Waals surface area contributed by atoms with Crippen molar-refractivity contribution in [3.8, 4) is 0 Å². The molecule has 110 valence electrons. The number of rotatable bonds is 7. The fraction of sp³-hybridized carbons (Fsp3) is 0.846. The van der Waals surface area contributed by atoms with Crippen LogP contribution in [0, 0.1) is 0 Å². The first kappa shape index (κ1) is 15.9. The minimum Gasteiger partial charge on any atom is -0.355 e. The van der Waals surface area contributed by atoms with E-state index in [0.29, 0.717) is 6.54 Å². The summed E-state index contributed by atoms with van der Waals surface area (Å²) < 4.78 is 0. The number of hydrogen-bond acceptors (Lipinski definition) is 4. The molecule has 6 nitrogen and oxygen atoms in total. The van der Waals surface area contributed by atoms with Crippen LogP contribution in [-0.4, -0.2) is 74.5 Å². The molecule has 6 heteroatoms. The fourth-order valence-electron chi connectivity index (χ4n) is 2.01. The third-order valence-corrected chi connectivity index (χ3v) is 3.14. The molecule has 0 aliphatic carbocycles. The summed E-state index contributed by atoms with van der Waals surface area (Å²) in [4.78, 5) is 27.2. The van der Waals surface area contributed by atoms with E-state index in [9.17, 15) is 9.59 Å². The molecule has 1 aliphatic heterocycles. The highest BCUT2D eigenvalue weighted by Gasteiger charge is 2.18. The maximum Gasteiger partial charge on any atom is 0.236 e. The molecule has 0 aromatic carbocycles. The van der Waals surface area contributed by atoms with Gasteiger partial charge >= 0.3 is 0 Å². The molecule has 1 saturated heterocycles. The van der Waals surface area contributed by atoms with Crippen LogP contribution in [0.25, 0.3) is 0 Å². The van der Waals surface area contributed by atoms with E-state index in [2.05, 4.69) is 17.6 Å². The van der Waals surface area contributed by atoms with E-state index in [1.807, 2.05) is 4.90 Å². The molecular weight excluding hydrogens is 244 g/mol. The Kier molecular flexibility index (Phi) is 7.43. The van der Waals surface area contributed by atoms with Gasteiger partial charge in [0.1, 0.15) is 0 Å². The second-order valence-electron chi connectivity index (χ2n) is 5.01. The van der Waals surface area contributed by atoms with Crippen molar-refractivity contribution in [1.29, 1.82) is 0 Å². The van der Waals surface area contributed by atoms with Crippen LogP contribution >= 0.6 is 0 Å². The van der Waals surface area contributed by atoms with E-state index in [4.69, 9.17) is 0 Å². The number of piperazine rings is 1. The Balaban J connectivity index is 2.20. The Morgan fingerprint density at radius 1 is 1.26 bits per heavy atom. The summed E-state index contributed by atoms with van der Waals surface area (Å²) in [6.07, 6.45) is 2.06. The largest absolute Gasteiger partial charge is 0.355 e. The van der Waals surface area contributed by atoms with E-state index < -0.39 is 0 Å². The second kappa shape index (κ2) is 8.87. The average Bonchev–Trinajstić information content (AvgIpc) is 2.39. The van der Waals surface area contributed by atoms with Crippen LogP contribution < -0.4 is 10.6 Å². The monoisotopic (exact) mass is 270 g/mol. The summed E-state index contributed by atoms with van der Waals surface area (Å²) in [5.41, 5.74) is 0. The minimum atomic E-state index is -0.0101. The molecule has 0 atom stereocenters. The maximum atomic E-state index is 12.0. The van der Waals surface area contributed by atoms with Crippen molar-refractivity contribution < 1.29 is 9.59 Å². The zero-order chi connectivity index (χ0) is 14.1. The number of nitrogens with one attached hydrogen (secondary N) is 2. The second-order valence-corrected chi connectivity index (χ2v) is 5.01. The average molecular weight is 270 g/mol. The summed E-state index contributed by atoms with van der Waals surface area (Å²) in [6.45, 7) is 6.62. The van der Waals surface area contributed by atoms with Crippen LogP contribution in [0.4, 0.5) is 0 Å². The first-order valence-corrected chi connectivity index (χ1v) is 7.07. The highest BCUT2D eigenvalue weighted by Crippen LogP contribution is 1.95. The Labute approximate surface area is 115 Å². The van der Waals surface area contributed by atoms with Crippen molar-refractivity contribution in [3.63, 3.8) is 0 Å². The van der Waals surface area contributed by atoms with Crippen molar-refractivity contribution in [2.24, 2.45) is 0 Å². The van der Waals surface area contributed by atoms with Gasteiger partial charge in [0, 0.05) is 32.7 Å². The number of hydrogen-bond donors (Lipinski definition) is 2. The van der Waals surface area contributed by atoms with E-state index in [-0.39, 0.29) is 18.4 Å². The van der Waals surface area contributed by atoms with Gasteiger partial charge < -0.3 is 15.5 Å². The standard InChI is InChI=1S/C13H26N4O2/c1-3-4-5-15-12(18)10-16(2)11-13(19)17-8-6-14-7-9-17/h14H,3-11H2,1-2H3,(H,15,18). The lowest BCUT2D eigenvalue weighted by Crippen LogP contribution is -2.50. The van der Waals surface area contributed by atoms with E-state index in [0.717, 1.165) is 45.6 Å². The van der Waals surface area contributed by atoms with Gasteiger partial charge in [0.25, 0.3) is 0 Å². The Bertz CT molecular complexity index is 290. The molecule has 1 heterocycles. The van der Waals surface area contributed by atoms with Crippen LogP contribution in [0.15, 0.2) is 0 Å². The van der Waals surface area contributed by atoms with Gasteiger partial charge in [0.2, 0.25) is 11.8 Å². The summed E-state index contributed by atoms with van der Waals surface area (Å²) in [6, 6.07) is 0. The first-order valence-electron chi connectivity index (χ1n) is 7.07. The van der Waals surface area contributed by atoms with Gasteiger partial charge in [-0.2, -0.15) is 0 Å². The molecule has 19 heavy (non-hydrogen) atoms. The first-order chi connectivity index (χ1) is 9.13. The van der Waals surface area contributed by atoms with Crippen molar-refractivity contribution >= 4 is 11.8 Å². The van der Waals surface area contributed by atoms with Crippen LogP contribution in [0.2, 0.25) is 0 Å². The number of amides is 2. The molecule has 0 bridgehead atoms. The normalized spacial score (nSPS) is 15.6. The quantitative estimate of drug-likeness (QED) is 0.599. The van der Waals surface area contributed by atoms with Crippen LogP contribution in [0.5, 0.6) is 0 Å². The fourth-order valence-corrected chi connectivity index (χ4v) is 2.01. The summed E-state index contributed by atoms with van der Waals surface area (Å²) >= 11 is 0. The summed E-state index contributed by atoms with van der Waals surface area (Å²) in [5.74, 6) is 0.0921. The highest BCUT2D eigenvalue weighted by molar-refractivity contribution is 5.81. The van der Waals surface area contributed by atoms with Crippen molar-refractivity contribution in [3.05, 3.63) is 0 Å². The summed E-state index contributed by atoms with van der Waals surface area (Å²) in [7, 11) is 1.81. The molecule has 2 amide bonds. The van der Waals surface area contributed by atoms with Gasteiger partial charge in [-0.05, 0) is 13.5 Å². The highest BCUT2D eigenvalue weighted by atomic mass is 16.2. The molecule has 2 N–H and O–H groups in total. The van der Waals surface area contributed by atoms with Crippen LogP contribution in [-0.2, 0) is 9.59 Å². The lowest BCUT2D eigenvalue weighted by atomic mass is 10.3. The van der Waals surface area contributed by atoms with Crippen LogP contribution in [0.1, 0.15) is 19.8 Å². The van der Waals surface area contributed by atoms with Crippen molar-refractivity contribution in [2.75, 3.05) is 52.9 Å². The molecule has 0 spiro atoms. The summed E-state index contributed by atoms with van der Waals surface area (Å²) in [5, 5.41) is 6.06. The van der Waals surface area contributed by atoms with Gasteiger partial charge in [-0.3, -0.25) is 14.5 Å². The third kappa shape index (κ3) is 6.54. The lowest BCUT2D eigenvalue weighted by molar-refractivity contribution is -0.133. The molecule has 1 rings (SSSR count). The van der Waals surface area contributed by atoms with E-state index in [1.165, 1.54) is 0 Å². The molecule has 0 radical (unpaired) electrons. The Morgan fingerprint density at radius 3 is 2.58 bits per heavy atom. The van der Waals surface area contributed by atoms with Gasteiger partial charge in [0.05, 0.1) is 13.1 Å². The lowest BCUT2D eigenvalue weighted by Gasteiger charge is -2.29. The van der Waals surface area contributed by atoms with Gasteiger partial charge in [-0.15, -0.1) is 0 Å². The SMILES string of the molecule is CCCCNC(=O)CN(C)CC(=O)N1CCNCC1. The number of likely N-dealkylation sites (N-methyl/N-ethyl adjacent to an activating group) is 1. The zero-order valence-electron chi connectivity index (χ0n) is 12.1. The molecule has 0 aromatic rings. The smallest absolute Gasteiger partial charge is 0.236 e. The molecule has 0 saturated carbocycles. The molecule has 0 aromatic heterocycles. The van der Waals surface area contributed by atoms with Gasteiger partial charge in [-0.25, -0.2) is 0 Å². The zero-order valence-corrected chi connectivity index (χ0v) is 12.1. The number of carbonyl (C=O) groups is 2. The maximum absolute atomic E-state index is 12.0. The molecule has 1 aliphatic rings. The van der Waals surface area contributed by atoms with Crippen molar-refractivity contribution in [1.82, 2.24) is 20.4 Å². The van der Waals surface area contributed by atoms with Gasteiger partial charge in [-0.1, -0.05) is 13.3 Å². The number of nitrogens with zero attached hydrogens (tertiary/aromatic N) is 2. The van der Waals surface area contributed by atoms with E-state index >= 15 is 0 Å². The molecular formula is C13H26N4O2. The predicted molar refractivity (Wildman–Crippen MR) is 74.9 cm³/mol. The van der Waals surface area contributed by atoms with Crippen LogP contribution in [0.3, 0.4) is 0 Å². The number of unbranched alkanes of at least 4 members (excludes halogenated alkanes) is 1. The molecule has 0 unspecified atom stereocenters. The topological polar surface area (TPSA) is 64.7 Å². The van der Waals surface area contributed by atoms with Gasteiger partial charge in [0.15, 0.2) is 0 Å². The third-order valence-electron chi connectivity index (χ3n) is 3.14. The number of carbonyl (C=O) groups excluding carboxylic acids is 2. The Morgan fingerprint density at radius 2 is 1.95 bits per heavy atom.